The summed E-state index contributed by atoms with van der Waals surface area (Å²) >= 11 is 3.03. The van der Waals surface area contributed by atoms with Crippen LogP contribution in [0.1, 0.15) is 5.56 Å². The summed E-state index contributed by atoms with van der Waals surface area (Å²) in [4.78, 5) is 2.00. The van der Waals surface area contributed by atoms with Gasteiger partial charge in [-0.05, 0) is 42.2 Å². The highest BCUT2D eigenvalue weighted by atomic mass is 79.9. The van der Waals surface area contributed by atoms with E-state index in [1.807, 2.05) is 19.0 Å². The summed E-state index contributed by atoms with van der Waals surface area (Å²) in [7, 11) is 3.89. The van der Waals surface area contributed by atoms with Crippen molar-refractivity contribution in [3.63, 3.8) is 0 Å². The summed E-state index contributed by atoms with van der Waals surface area (Å²) in [6.07, 6.45) is 0. The zero-order valence-electron chi connectivity index (χ0n) is 9.36. The van der Waals surface area contributed by atoms with E-state index >= 15 is 0 Å². The van der Waals surface area contributed by atoms with Gasteiger partial charge in [0.2, 0.25) is 0 Å². The van der Waals surface area contributed by atoms with E-state index in [4.69, 9.17) is 0 Å². The van der Waals surface area contributed by atoms with Crippen molar-refractivity contribution >= 4 is 15.9 Å². The SMILES string of the molecule is CN(C)CCNCc1c(F)ccc(Br)c1F. The van der Waals surface area contributed by atoms with Gasteiger partial charge in [0.05, 0.1) is 4.47 Å². The molecule has 90 valence electrons. The van der Waals surface area contributed by atoms with Gasteiger partial charge in [-0.3, -0.25) is 0 Å². The standard InChI is InChI=1S/C11H15BrF2N2/c1-16(2)6-5-15-7-8-10(13)4-3-9(12)11(8)14/h3-4,15H,5-7H2,1-2H3. The van der Waals surface area contributed by atoms with Crippen LogP contribution in [0.15, 0.2) is 16.6 Å². The molecule has 1 N–H and O–H groups in total. The number of hydrogen-bond donors (Lipinski definition) is 1. The molecule has 0 spiro atoms. The summed E-state index contributed by atoms with van der Waals surface area (Å²) in [5, 5.41) is 3.00. The Kier molecular flexibility index (Phi) is 5.31. The van der Waals surface area contributed by atoms with Crippen molar-refractivity contribution in [2.45, 2.75) is 6.54 Å². The molecule has 0 bridgehead atoms. The Morgan fingerprint density at radius 1 is 1.31 bits per heavy atom. The minimum absolute atomic E-state index is 0.0770. The van der Waals surface area contributed by atoms with E-state index in [2.05, 4.69) is 21.2 Å². The molecule has 1 aromatic rings. The highest BCUT2D eigenvalue weighted by Crippen LogP contribution is 2.21. The molecule has 1 rings (SSSR count). The highest BCUT2D eigenvalue weighted by molar-refractivity contribution is 9.10. The number of benzene rings is 1. The van der Waals surface area contributed by atoms with Crippen LogP contribution in [0.4, 0.5) is 8.78 Å². The number of nitrogens with zero attached hydrogens (tertiary/aromatic N) is 1. The molecular formula is C11H15BrF2N2. The quantitative estimate of drug-likeness (QED) is 0.662. The van der Waals surface area contributed by atoms with Crippen molar-refractivity contribution in [1.29, 1.82) is 0 Å². The maximum atomic E-state index is 13.5. The Labute approximate surface area is 103 Å². The molecule has 16 heavy (non-hydrogen) atoms. The van der Waals surface area contributed by atoms with Crippen molar-refractivity contribution in [1.82, 2.24) is 10.2 Å². The average Bonchev–Trinajstić information content (AvgIpc) is 2.22. The average molecular weight is 293 g/mol. The zero-order chi connectivity index (χ0) is 12.1. The fraction of sp³-hybridized carbons (Fsp3) is 0.455. The molecule has 0 heterocycles. The Morgan fingerprint density at radius 3 is 2.62 bits per heavy atom. The van der Waals surface area contributed by atoms with Crippen molar-refractivity contribution in [3.8, 4) is 0 Å². The Hall–Kier alpha value is -0.520. The third-order valence-corrected chi connectivity index (χ3v) is 2.79. The van der Waals surface area contributed by atoms with Gasteiger partial charge in [-0.2, -0.15) is 0 Å². The van der Waals surface area contributed by atoms with Crippen LogP contribution in [-0.2, 0) is 6.54 Å². The lowest BCUT2D eigenvalue weighted by Gasteiger charge is -2.11. The molecule has 0 radical (unpaired) electrons. The zero-order valence-corrected chi connectivity index (χ0v) is 10.9. The highest BCUT2D eigenvalue weighted by Gasteiger charge is 2.11. The number of hydrogen-bond acceptors (Lipinski definition) is 2. The van der Waals surface area contributed by atoms with Gasteiger partial charge in [0.25, 0.3) is 0 Å². The molecule has 0 saturated carbocycles. The molecule has 0 saturated heterocycles. The van der Waals surface area contributed by atoms with Crippen LogP contribution in [0.3, 0.4) is 0 Å². The lowest BCUT2D eigenvalue weighted by atomic mass is 10.2. The third-order valence-electron chi connectivity index (χ3n) is 2.18. The van der Waals surface area contributed by atoms with Crippen LogP contribution in [-0.4, -0.2) is 32.1 Å². The molecule has 0 aromatic heterocycles. The minimum atomic E-state index is -0.530. The summed E-state index contributed by atoms with van der Waals surface area (Å²) < 4.78 is 27.1. The van der Waals surface area contributed by atoms with Crippen molar-refractivity contribution < 1.29 is 8.78 Å². The van der Waals surface area contributed by atoms with Gasteiger partial charge in [-0.25, -0.2) is 8.78 Å². The second-order valence-corrected chi connectivity index (χ2v) is 4.66. The Bertz CT molecular complexity index is 356. The summed E-state index contributed by atoms with van der Waals surface area (Å²) in [6, 6.07) is 2.63. The van der Waals surface area contributed by atoms with Crippen LogP contribution in [0.2, 0.25) is 0 Å². The van der Waals surface area contributed by atoms with Gasteiger partial charge in [-0.15, -0.1) is 0 Å². The van der Waals surface area contributed by atoms with Crippen molar-refractivity contribution in [3.05, 3.63) is 33.8 Å². The monoisotopic (exact) mass is 292 g/mol. The lowest BCUT2D eigenvalue weighted by Crippen LogP contribution is -2.26. The molecule has 0 unspecified atom stereocenters. The van der Waals surface area contributed by atoms with E-state index in [1.54, 1.807) is 0 Å². The number of halogens is 3. The fourth-order valence-corrected chi connectivity index (χ4v) is 1.62. The molecule has 1 aromatic carbocycles. The van der Waals surface area contributed by atoms with E-state index in [9.17, 15) is 8.78 Å². The van der Waals surface area contributed by atoms with Crippen LogP contribution >= 0.6 is 15.9 Å². The summed E-state index contributed by atoms with van der Waals surface area (Å²) in [6.45, 7) is 1.72. The van der Waals surface area contributed by atoms with Gasteiger partial charge in [0.15, 0.2) is 0 Å². The first-order valence-corrected chi connectivity index (χ1v) is 5.79. The topological polar surface area (TPSA) is 15.3 Å². The first-order valence-electron chi connectivity index (χ1n) is 5.00. The van der Waals surface area contributed by atoms with Gasteiger partial charge in [0.1, 0.15) is 11.6 Å². The van der Waals surface area contributed by atoms with Crippen LogP contribution in [0.25, 0.3) is 0 Å². The molecular weight excluding hydrogens is 278 g/mol. The molecule has 0 amide bonds. The third kappa shape index (κ3) is 3.81. The summed E-state index contributed by atoms with van der Waals surface area (Å²) in [5.74, 6) is -1.05. The number of nitrogens with one attached hydrogen (secondary N) is 1. The van der Waals surface area contributed by atoms with E-state index < -0.39 is 11.6 Å². The largest absolute Gasteiger partial charge is 0.311 e. The maximum Gasteiger partial charge on any atom is 0.144 e. The van der Waals surface area contributed by atoms with Gasteiger partial charge >= 0.3 is 0 Å². The second-order valence-electron chi connectivity index (χ2n) is 3.80. The number of rotatable bonds is 5. The van der Waals surface area contributed by atoms with Crippen molar-refractivity contribution in [2.24, 2.45) is 0 Å². The van der Waals surface area contributed by atoms with Crippen LogP contribution in [0, 0.1) is 11.6 Å². The molecule has 0 aliphatic rings. The fourth-order valence-electron chi connectivity index (χ4n) is 1.25. The van der Waals surface area contributed by atoms with Crippen LogP contribution < -0.4 is 5.32 Å². The first kappa shape index (κ1) is 13.5. The summed E-state index contributed by atoms with van der Waals surface area (Å²) in [5.41, 5.74) is 0.0770. The Balaban J connectivity index is 2.56. The second kappa shape index (κ2) is 6.27. The predicted molar refractivity (Wildman–Crippen MR) is 64.3 cm³/mol. The first-order chi connectivity index (χ1) is 7.52. The molecule has 0 aliphatic heterocycles. The molecule has 0 aliphatic carbocycles. The minimum Gasteiger partial charge on any atom is -0.311 e. The molecule has 2 nitrogen and oxygen atoms in total. The van der Waals surface area contributed by atoms with Crippen LogP contribution in [0.5, 0.6) is 0 Å². The van der Waals surface area contributed by atoms with E-state index in [1.165, 1.54) is 12.1 Å². The van der Waals surface area contributed by atoms with E-state index in [0.717, 1.165) is 6.54 Å². The van der Waals surface area contributed by atoms with E-state index in [0.29, 0.717) is 11.0 Å². The smallest absolute Gasteiger partial charge is 0.144 e. The lowest BCUT2D eigenvalue weighted by molar-refractivity contribution is 0.397. The normalized spacial score (nSPS) is 11.1. The van der Waals surface area contributed by atoms with E-state index in [-0.39, 0.29) is 12.1 Å². The van der Waals surface area contributed by atoms with Gasteiger partial charge < -0.3 is 10.2 Å². The maximum absolute atomic E-state index is 13.5. The number of likely N-dealkylation sites (N-methyl/N-ethyl adjacent to an activating group) is 1. The van der Waals surface area contributed by atoms with Crippen molar-refractivity contribution in [2.75, 3.05) is 27.2 Å². The van der Waals surface area contributed by atoms with Gasteiger partial charge in [0, 0.05) is 25.2 Å². The Morgan fingerprint density at radius 2 is 2.00 bits per heavy atom. The van der Waals surface area contributed by atoms with Gasteiger partial charge in [-0.1, -0.05) is 0 Å². The molecule has 0 fully saturated rings. The molecule has 5 heteroatoms. The molecule has 0 atom stereocenters. The predicted octanol–water partition coefficient (Wildman–Crippen LogP) is 2.38.